The maximum absolute atomic E-state index is 14.6. The SMILES string of the molecule is CCC(C)C(NC(=O)[C@@H]1C[C@@H](N2CCCCC2)CN1C(=O)C(CC1CCCCC1)NC(=O)c1ccc2ccccc2c1)C(=O)C(N)=O. The van der Waals surface area contributed by atoms with E-state index in [1.807, 2.05) is 43.3 Å². The normalized spacial score (nSPS) is 22.7. The van der Waals surface area contributed by atoms with Gasteiger partial charge in [-0.3, -0.25) is 28.9 Å². The van der Waals surface area contributed by atoms with Crippen LogP contribution in [0.25, 0.3) is 10.8 Å². The Labute approximate surface area is 278 Å². The summed E-state index contributed by atoms with van der Waals surface area (Å²) in [5, 5.41) is 7.87. The summed E-state index contributed by atoms with van der Waals surface area (Å²) < 4.78 is 0. The van der Waals surface area contributed by atoms with Gasteiger partial charge in [-0.2, -0.15) is 0 Å². The zero-order chi connectivity index (χ0) is 33.5. The lowest BCUT2D eigenvalue weighted by atomic mass is 9.84. The van der Waals surface area contributed by atoms with Gasteiger partial charge in [0, 0.05) is 18.2 Å². The van der Waals surface area contributed by atoms with Crippen LogP contribution in [-0.2, 0) is 19.2 Å². The van der Waals surface area contributed by atoms with Gasteiger partial charge in [-0.1, -0.05) is 89.1 Å². The fourth-order valence-corrected chi connectivity index (χ4v) is 7.71. The molecule has 3 fully saturated rings. The number of nitrogens with two attached hydrogens (primary N) is 1. The second-order valence-corrected chi connectivity index (χ2v) is 13.9. The summed E-state index contributed by atoms with van der Waals surface area (Å²) in [5.74, 6) is -3.01. The standard InChI is InChI=1S/C37H51N5O5/c1-3-24(2)32(33(43)34(38)44)40-36(46)31-22-29(41-18-10-5-11-19-41)23-42(31)37(47)30(20-25-12-6-4-7-13-25)39-35(45)28-17-16-26-14-8-9-15-27(26)21-28/h8-9,14-17,21,24-25,29-32H,3-7,10-13,18-20,22-23H2,1-2H3,(H2,38,44)(H,39,45)(H,40,46)/t24?,29-,30?,31+,32?/m1/s1. The van der Waals surface area contributed by atoms with Gasteiger partial charge in [0.25, 0.3) is 11.8 Å². The van der Waals surface area contributed by atoms with E-state index in [2.05, 4.69) is 15.5 Å². The number of carbonyl (C=O) groups is 5. The lowest BCUT2D eigenvalue weighted by molar-refractivity contribution is -0.143. The number of nitrogens with one attached hydrogen (secondary N) is 2. The van der Waals surface area contributed by atoms with E-state index in [1.165, 1.54) is 6.42 Å². The quantitative estimate of drug-likeness (QED) is 0.299. The largest absolute Gasteiger partial charge is 0.363 e. The number of likely N-dealkylation sites (tertiary alicyclic amines) is 2. The van der Waals surface area contributed by atoms with Gasteiger partial charge < -0.3 is 21.3 Å². The van der Waals surface area contributed by atoms with E-state index >= 15 is 0 Å². The second-order valence-electron chi connectivity index (χ2n) is 13.9. The fraction of sp³-hybridized carbons (Fsp3) is 0.595. The number of rotatable bonds is 12. The van der Waals surface area contributed by atoms with Crippen molar-refractivity contribution >= 4 is 40.2 Å². The van der Waals surface area contributed by atoms with Crippen LogP contribution in [0.2, 0.25) is 0 Å². The number of Topliss-reactive ketones (excluding diaryl/α,β-unsaturated/α-hetero) is 1. The fourth-order valence-electron chi connectivity index (χ4n) is 7.71. The number of carbonyl (C=O) groups excluding carboxylic acids is 5. The number of hydrogen-bond donors (Lipinski definition) is 3. The molecule has 2 heterocycles. The third-order valence-electron chi connectivity index (χ3n) is 10.7. The number of ketones is 1. The molecule has 2 aromatic rings. The summed E-state index contributed by atoms with van der Waals surface area (Å²) in [4.78, 5) is 71.0. The van der Waals surface area contributed by atoms with E-state index in [0.717, 1.165) is 68.8 Å². The van der Waals surface area contributed by atoms with Crippen LogP contribution in [0.4, 0.5) is 0 Å². The minimum Gasteiger partial charge on any atom is -0.363 e. The van der Waals surface area contributed by atoms with E-state index in [4.69, 9.17) is 5.73 Å². The zero-order valence-electron chi connectivity index (χ0n) is 27.9. The molecule has 2 aromatic carbocycles. The Kier molecular flexibility index (Phi) is 11.7. The van der Waals surface area contributed by atoms with Crippen molar-refractivity contribution in [1.29, 1.82) is 0 Å². The number of nitrogens with zero attached hydrogens (tertiary/aromatic N) is 2. The molecule has 3 unspecified atom stereocenters. The van der Waals surface area contributed by atoms with Crippen molar-refractivity contribution in [1.82, 2.24) is 20.4 Å². The third-order valence-corrected chi connectivity index (χ3v) is 10.7. The van der Waals surface area contributed by atoms with Crippen molar-refractivity contribution in [3.63, 3.8) is 0 Å². The Bertz CT molecular complexity index is 1450. The van der Waals surface area contributed by atoms with Crippen LogP contribution in [0.15, 0.2) is 42.5 Å². The monoisotopic (exact) mass is 645 g/mol. The molecule has 5 atom stereocenters. The highest BCUT2D eigenvalue weighted by Crippen LogP contribution is 2.31. The molecule has 0 aromatic heterocycles. The van der Waals surface area contributed by atoms with E-state index in [0.29, 0.717) is 37.3 Å². The number of benzene rings is 2. The molecule has 0 bridgehead atoms. The zero-order valence-corrected chi connectivity index (χ0v) is 27.9. The number of hydrogen-bond acceptors (Lipinski definition) is 6. The lowest BCUT2D eigenvalue weighted by Gasteiger charge is -2.33. The molecule has 1 saturated carbocycles. The molecule has 2 saturated heterocycles. The van der Waals surface area contributed by atoms with Crippen LogP contribution in [0.1, 0.15) is 94.8 Å². The van der Waals surface area contributed by atoms with Gasteiger partial charge in [0.05, 0.1) is 6.04 Å². The van der Waals surface area contributed by atoms with Gasteiger partial charge in [0.2, 0.25) is 17.6 Å². The minimum atomic E-state index is -1.09. The van der Waals surface area contributed by atoms with Crippen LogP contribution < -0.4 is 16.4 Å². The van der Waals surface area contributed by atoms with Crippen LogP contribution >= 0.6 is 0 Å². The first-order valence-electron chi connectivity index (χ1n) is 17.6. The first-order valence-corrected chi connectivity index (χ1v) is 17.6. The summed E-state index contributed by atoms with van der Waals surface area (Å²) in [6.07, 6.45) is 10.1. The summed E-state index contributed by atoms with van der Waals surface area (Å²) >= 11 is 0. The van der Waals surface area contributed by atoms with Crippen molar-refractivity contribution in [2.75, 3.05) is 19.6 Å². The maximum atomic E-state index is 14.6. The first kappa shape index (κ1) is 34.5. The Balaban J connectivity index is 1.42. The van der Waals surface area contributed by atoms with Crippen molar-refractivity contribution < 1.29 is 24.0 Å². The molecule has 5 rings (SSSR count). The van der Waals surface area contributed by atoms with Crippen molar-refractivity contribution in [3.05, 3.63) is 48.0 Å². The highest BCUT2D eigenvalue weighted by Gasteiger charge is 2.45. The summed E-state index contributed by atoms with van der Waals surface area (Å²) in [6, 6.07) is 10.6. The Morgan fingerprint density at radius 2 is 1.57 bits per heavy atom. The first-order chi connectivity index (χ1) is 22.7. The predicted octanol–water partition coefficient (Wildman–Crippen LogP) is 3.95. The highest BCUT2D eigenvalue weighted by molar-refractivity contribution is 6.38. The molecule has 10 nitrogen and oxygen atoms in total. The number of amides is 4. The molecule has 254 valence electrons. The minimum absolute atomic E-state index is 0.0181. The molecule has 3 aliphatic rings. The van der Waals surface area contributed by atoms with Gasteiger partial charge in [0.1, 0.15) is 12.1 Å². The lowest BCUT2D eigenvalue weighted by Crippen LogP contribution is -2.57. The average molecular weight is 646 g/mol. The Morgan fingerprint density at radius 1 is 0.894 bits per heavy atom. The molecular weight excluding hydrogens is 594 g/mol. The van der Waals surface area contributed by atoms with Gasteiger partial charge in [-0.05, 0) is 73.5 Å². The highest BCUT2D eigenvalue weighted by atomic mass is 16.2. The summed E-state index contributed by atoms with van der Waals surface area (Å²) in [5.41, 5.74) is 5.84. The van der Waals surface area contributed by atoms with Gasteiger partial charge in [0.15, 0.2) is 0 Å². The molecule has 10 heteroatoms. The molecule has 1 aliphatic carbocycles. The van der Waals surface area contributed by atoms with Gasteiger partial charge in [-0.15, -0.1) is 0 Å². The van der Waals surface area contributed by atoms with Crippen LogP contribution in [0.3, 0.4) is 0 Å². The molecule has 4 amide bonds. The van der Waals surface area contributed by atoms with Crippen LogP contribution in [0.5, 0.6) is 0 Å². The topological polar surface area (TPSA) is 142 Å². The van der Waals surface area contributed by atoms with Crippen molar-refractivity contribution in [2.24, 2.45) is 17.6 Å². The molecule has 0 radical (unpaired) electrons. The smallest absolute Gasteiger partial charge is 0.287 e. The van der Waals surface area contributed by atoms with E-state index in [1.54, 1.807) is 17.9 Å². The number of primary amides is 1. The second kappa shape index (κ2) is 15.9. The number of piperidine rings is 1. The van der Waals surface area contributed by atoms with Crippen molar-refractivity contribution in [3.8, 4) is 0 Å². The van der Waals surface area contributed by atoms with E-state index < -0.39 is 35.7 Å². The molecule has 2 aliphatic heterocycles. The van der Waals surface area contributed by atoms with Crippen LogP contribution in [-0.4, -0.2) is 83.0 Å². The Hall–Kier alpha value is -3.79. The third kappa shape index (κ3) is 8.39. The molecule has 0 spiro atoms. The summed E-state index contributed by atoms with van der Waals surface area (Å²) in [7, 11) is 0. The Morgan fingerprint density at radius 3 is 2.26 bits per heavy atom. The average Bonchev–Trinajstić information content (AvgIpc) is 3.55. The number of fused-ring (bicyclic) bond motifs is 1. The maximum Gasteiger partial charge on any atom is 0.287 e. The van der Waals surface area contributed by atoms with E-state index in [-0.39, 0.29) is 23.8 Å². The molecule has 4 N–H and O–H groups in total. The summed E-state index contributed by atoms with van der Waals surface area (Å²) in [6.45, 7) is 5.84. The van der Waals surface area contributed by atoms with Crippen molar-refractivity contribution in [2.45, 2.75) is 109 Å². The predicted molar refractivity (Wildman–Crippen MR) is 181 cm³/mol. The van der Waals surface area contributed by atoms with Crippen LogP contribution in [0, 0.1) is 11.8 Å². The van der Waals surface area contributed by atoms with Gasteiger partial charge >= 0.3 is 0 Å². The van der Waals surface area contributed by atoms with E-state index in [9.17, 15) is 24.0 Å². The molecule has 47 heavy (non-hydrogen) atoms. The van der Waals surface area contributed by atoms with Gasteiger partial charge in [-0.25, -0.2) is 0 Å². The molecular formula is C37H51N5O5.